The van der Waals surface area contributed by atoms with E-state index >= 15 is 0 Å². The van der Waals surface area contributed by atoms with Crippen molar-refractivity contribution in [1.82, 2.24) is 15.5 Å². The van der Waals surface area contributed by atoms with Gasteiger partial charge in [0.05, 0.1) is 10.9 Å². The fourth-order valence-corrected chi connectivity index (χ4v) is 4.14. The molecule has 1 aromatic heterocycles. The molecule has 0 bridgehead atoms. The Hall–Kier alpha value is -0.0900. The lowest BCUT2D eigenvalue weighted by Gasteiger charge is -2.31. The molecule has 5 nitrogen and oxygen atoms in total. The fourth-order valence-electron chi connectivity index (χ4n) is 3.10. The van der Waals surface area contributed by atoms with E-state index in [1.54, 1.807) is 0 Å². The van der Waals surface area contributed by atoms with E-state index < -0.39 is 6.10 Å². The summed E-state index contributed by atoms with van der Waals surface area (Å²) in [5, 5.41) is 16.9. The third-order valence-electron chi connectivity index (χ3n) is 4.69. The molecular formula is C18H32ClIN4OS. The van der Waals surface area contributed by atoms with Crippen molar-refractivity contribution in [2.75, 3.05) is 39.3 Å². The second-order valence-corrected chi connectivity index (χ2v) is 8.22. The topological polar surface area (TPSA) is 59.9 Å². The summed E-state index contributed by atoms with van der Waals surface area (Å²) < 4.78 is 0.692. The van der Waals surface area contributed by atoms with E-state index in [4.69, 9.17) is 11.6 Å². The van der Waals surface area contributed by atoms with E-state index in [9.17, 15) is 5.11 Å². The Kier molecular flexibility index (Phi) is 12.1. The SMILES string of the molecule is CCNC(=NCC(O)c1ccc(Cl)s1)NCCC1CCN(CC)CC1.I. The summed E-state index contributed by atoms with van der Waals surface area (Å²) >= 11 is 7.32. The molecule has 1 aromatic rings. The highest BCUT2D eigenvalue weighted by atomic mass is 127. The molecule has 1 saturated heterocycles. The van der Waals surface area contributed by atoms with Crippen molar-refractivity contribution in [1.29, 1.82) is 0 Å². The number of rotatable bonds is 8. The minimum atomic E-state index is -0.605. The van der Waals surface area contributed by atoms with E-state index in [2.05, 4.69) is 27.4 Å². The van der Waals surface area contributed by atoms with Crippen LogP contribution in [0.5, 0.6) is 0 Å². The molecule has 2 rings (SSSR count). The Morgan fingerprint density at radius 2 is 2.08 bits per heavy atom. The molecule has 1 aliphatic rings. The Morgan fingerprint density at radius 3 is 2.65 bits per heavy atom. The maximum Gasteiger partial charge on any atom is 0.191 e. The molecule has 0 saturated carbocycles. The van der Waals surface area contributed by atoms with Crippen LogP contribution in [0.3, 0.4) is 0 Å². The molecule has 150 valence electrons. The Morgan fingerprint density at radius 1 is 1.35 bits per heavy atom. The molecule has 0 spiro atoms. The first-order chi connectivity index (χ1) is 12.1. The first-order valence-electron chi connectivity index (χ1n) is 9.30. The van der Waals surface area contributed by atoms with Gasteiger partial charge in [0.25, 0.3) is 0 Å². The molecule has 1 aliphatic heterocycles. The molecule has 0 amide bonds. The van der Waals surface area contributed by atoms with Crippen molar-refractivity contribution in [3.8, 4) is 0 Å². The van der Waals surface area contributed by atoms with Gasteiger partial charge in [0, 0.05) is 18.0 Å². The molecule has 2 heterocycles. The van der Waals surface area contributed by atoms with Crippen LogP contribution in [0.4, 0.5) is 0 Å². The summed E-state index contributed by atoms with van der Waals surface area (Å²) in [6.07, 6.45) is 3.15. The van der Waals surface area contributed by atoms with E-state index in [1.807, 2.05) is 19.1 Å². The van der Waals surface area contributed by atoms with Gasteiger partial charge in [0.1, 0.15) is 6.10 Å². The Bertz CT molecular complexity index is 535. The zero-order valence-electron chi connectivity index (χ0n) is 15.7. The lowest BCUT2D eigenvalue weighted by atomic mass is 9.93. The van der Waals surface area contributed by atoms with Crippen LogP contribution in [-0.4, -0.2) is 55.2 Å². The highest BCUT2D eigenvalue weighted by Crippen LogP contribution is 2.26. The average Bonchev–Trinajstić information content (AvgIpc) is 3.06. The maximum atomic E-state index is 10.2. The standard InChI is InChI=1S/C18H31ClN4OS.HI/c1-3-20-18(22-13-15(24)16-5-6-17(19)25-16)21-10-7-14-8-11-23(4-2)12-9-14;/h5-6,14-15,24H,3-4,7-13H2,1-2H3,(H2,20,21,22);1H. The van der Waals surface area contributed by atoms with E-state index in [-0.39, 0.29) is 24.0 Å². The predicted molar refractivity (Wildman–Crippen MR) is 123 cm³/mol. The summed E-state index contributed by atoms with van der Waals surface area (Å²) in [6.45, 7) is 9.97. The third kappa shape index (κ3) is 8.29. The lowest BCUT2D eigenvalue weighted by Crippen LogP contribution is -2.39. The van der Waals surface area contributed by atoms with Crippen LogP contribution >= 0.6 is 46.9 Å². The molecule has 1 fully saturated rings. The lowest BCUT2D eigenvalue weighted by molar-refractivity contribution is 0.187. The number of likely N-dealkylation sites (tertiary alicyclic amines) is 1. The number of halogens is 2. The second kappa shape index (κ2) is 13.1. The van der Waals surface area contributed by atoms with Crippen LogP contribution in [0.25, 0.3) is 0 Å². The number of hydrogen-bond acceptors (Lipinski definition) is 4. The first-order valence-corrected chi connectivity index (χ1v) is 10.5. The Labute approximate surface area is 183 Å². The van der Waals surface area contributed by atoms with Gasteiger partial charge in [-0.15, -0.1) is 35.3 Å². The van der Waals surface area contributed by atoms with Crippen molar-refractivity contribution in [2.45, 2.75) is 39.2 Å². The van der Waals surface area contributed by atoms with Crippen molar-refractivity contribution in [2.24, 2.45) is 10.9 Å². The number of guanidine groups is 1. The zero-order chi connectivity index (χ0) is 18.1. The van der Waals surface area contributed by atoms with Gasteiger partial charge >= 0.3 is 0 Å². The molecule has 0 aliphatic carbocycles. The van der Waals surface area contributed by atoms with Gasteiger partial charge in [-0.25, -0.2) is 0 Å². The van der Waals surface area contributed by atoms with E-state index in [0.717, 1.165) is 29.8 Å². The summed E-state index contributed by atoms with van der Waals surface area (Å²) in [7, 11) is 0. The minimum absolute atomic E-state index is 0. The highest BCUT2D eigenvalue weighted by molar-refractivity contribution is 14.0. The molecular weight excluding hydrogens is 483 g/mol. The second-order valence-electron chi connectivity index (χ2n) is 6.47. The van der Waals surface area contributed by atoms with Gasteiger partial charge < -0.3 is 20.6 Å². The van der Waals surface area contributed by atoms with Crippen LogP contribution in [0.1, 0.15) is 44.1 Å². The molecule has 0 aromatic carbocycles. The Balaban J connectivity index is 0.00000338. The first kappa shape index (κ1) is 23.9. The summed E-state index contributed by atoms with van der Waals surface area (Å²) in [5.74, 6) is 1.58. The summed E-state index contributed by atoms with van der Waals surface area (Å²) in [5.41, 5.74) is 0. The summed E-state index contributed by atoms with van der Waals surface area (Å²) in [6, 6.07) is 3.66. The number of nitrogens with zero attached hydrogens (tertiary/aromatic N) is 2. The number of aliphatic hydroxyl groups is 1. The number of aliphatic imine (C=N–C) groups is 1. The van der Waals surface area contributed by atoms with Crippen molar-refractivity contribution >= 4 is 52.9 Å². The van der Waals surface area contributed by atoms with Crippen LogP contribution in [0.2, 0.25) is 4.34 Å². The predicted octanol–water partition coefficient (Wildman–Crippen LogP) is 3.73. The number of nitrogens with one attached hydrogen (secondary N) is 2. The highest BCUT2D eigenvalue weighted by Gasteiger charge is 2.17. The average molecular weight is 515 g/mol. The number of hydrogen-bond donors (Lipinski definition) is 3. The molecule has 0 radical (unpaired) electrons. The minimum Gasteiger partial charge on any atom is -0.386 e. The molecule has 3 N–H and O–H groups in total. The van der Waals surface area contributed by atoms with Crippen molar-refractivity contribution in [3.05, 3.63) is 21.3 Å². The number of thiophene rings is 1. The van der Waals surface area contributed by atoms with Gasteiger partial charge in [-0.2, -0.15) is 0 Å². The van der Waals surface area contributed by atoms with Crippen LogP contribution < -0.4 is 10.6 Å². The van der Waals surface area contributed by atoms with Crippen molar-refractivity contribution < 1.29 is 5.11 Å². The molecule has 1 unspecified atom stereocenters. The quantitative estimate of drug-likeness (QED) is 0.281. The van der Waals surface area contributed by atoms with Gasteiger partial charge in [-0.3, -0.25) is 4.99 Å². The molecule has 26 heavy (non-hydrogen) atoms. The van der Waals surface area contributed by atoms with E-state index in [1.165, 1.54) is 50.2 Å². The molecule has 8 heteroatoms. The fraction of sp³-hybridized carbons (Fsp3) is 0.722. The monoisotopic (exact) mass is 514 g/mol. The largest absolute Gasteiger partial charge is 0.386 e. The smallest absolute Gasteiger partial charge is 0.191 e. The van der Waals surface area contributed by atoms with Crippen molar-refractivity contribution in [3.63, 3.8) is 0 Å². The number of piperidine rings is 1. The van der Waals surface area contributed by atoms with Gasteiger partial charge in [0.15, 0.2) is 5.96 Å². The van der Waals surface area contributed by atoms with Crippen LogP contribution in [0, 0.1) is 5.92 Å². The summed E-state index contributed by atoms with van der Waals surface area (Å²) in [4.78, 5) is 7.88. The maximum absolute atomic E-state index is 10.2. The number of aliphatic hydroxyl groups excluding tert-OH is 1. The third-order valence-corrected chi connectivity index (χ3v) is 6.02. The zero-order valence-corrected chi connectivity index (χ0v) is 19.6. The van der Waals surface area contributed by atoms with Crippen LogP contribution in [0.15, 0.2) is 17.1 Å². The van der Waals surface area contributed by atoms with Crippen LogP contribution in [-0.2, 0) is 0 Å². The van der Waals surface area contributed by atoms with E-state index in [0.29, 0.717) is 10.9 Å². The van der Waals surface area contributed by atoms with Gasteiger partial charge in [0.2, 0.25) is 0 Å². The molecule has 1 atom stereocenters. The normalized spacial score (nSPS) is 17.6. The van der Waals surface area contributed by atoms with Gasteiger partial charge in [-0.1, -0.05) is 18.5 Å². The van der Waals surface area contributed by atoms with Gasteiger partial charge in [-0.05, 0) is 63.9 Å².